The summed E-state index contributed by atoms with van der Waals surface area (Å²) < 4.78 is 0. The summed E-state index contributed by atoms with van der Waals surface area (Å²) in [5.74, 6) is -0.111. The van der Waals surface area contributed by atoms with E-state index in [1.54, 1.807) is 6.07 Å². The monoisotopic (exact) mass is 228 g/mol. The Hall–Kier alpha value is -1.96. The molecule has 0 radical (unpaired) electrons. The van der Waals surface area contributed by atoms with Gasteiger partial charge in [0.15, 0.2) is 11.5 Å². The van der Waals surface area contributed by atoms with E-state index in [4.69, 9.17) is 0 Å². The minimum absolute atomic E-state index is 0.0445. The van der Waals surface area contributed by atoms with Gasteiger partial charge in [-0.15, -0.1) is 0 Å². The van der Waals surface area contributed by atoms with Gasteiger partial charge in [-0.3, -0.25) is 0 Å². The molecule has 2 aromatic rings. The van der Waals surface area contributed by atoms with E-state index in [0.717, 1.165) is 16.7 Å². The first-order valence-electron chi connectivity index (χ1n) is 5.60. The molecule has 0 saturated carbocycles. The highest BCUT2D eigenvalue weighted by atomic mass is 16.3. The molecule has 0 amide bonds. The highest BCUT2D eigenvalue weighted by Crippen LogP contribution is 2.40. The van der Waals surface area contributed by atoms with Gasteiger partial charge >= 0.3 is 0 Å². The molecule has 88 valence electrons. The van der Waals surface area contributed by atoms with E-state index in [0.29, 0.717) is 5.56 Å². The molecule has 0 fully saturated rings. The van der Waals surface area contributed by atoms with Crippen LogP contribution in [0.15, 0.2) is 30.3 Å². The molecule has 0 atom stereocenters. The summed E-state index contributed by atoms with van der Waals surface area (Å²) in [5, 5.41) is 19.6. The molecule has 0 aliphatic rings. The van der Waals surface area contributed by atoms with Crippen LogP contribution in [0.1, 0.15) is 16.7 Å². The Labute approximate surface area is 101 Å². The number of benzene rings is 2. The maximum atomic E-state index is 9.98. The summed E-state index contributed by atoms with van der Waals surface area (Å²) in [7, 11) is 0. The molecule has 17 heavy (non-hydrogen) atoms. The van der Waals surface area contributed by atoms with Gasteiger partial charge in [0.05, 0.1) is 0 Å². The third-order valence-corrected chi connectivity index (χ3v) is 3.14. The fourth-order valence-corrected chi connectivity index (χ4v) is 1.96. The van der Waals surface area contributed by atoms with Crippen molar-refractivity contribution in [1.29, 1.82) is 0 Å². The molecular formula is C15H16O2. The number of rotatable bonds is 1. The van der Waals surface area contributed by atoms with E-state index >= 15 is 0 Å². The number of hydrogen-bond donors (Lipinski definition) is 2. The Morgan fingerprint density at radius 2 is 1.47 bits per heavy atom. The van der Waals surface area contributed by atoms with Crippen LogP contribution in [-0.4, -0.2) is 10.2 Å². The van der Waals surface area contributed by atoms with Crippen molar-refractivity contribution in [3.8, 4) is 22.6 Å². The van der Waals surface area contributed by atoms with Gasteiger partial charge in [0.25, 0.3) is 0 Å². The first kappa shape index (κ1) is 11.5. The van der Waals surface area contributed by atoms with Gasteiger partial charge in [-0.2, -0.15) is 0 Å². The number of hydrogen-bond acceptors (Lipinski definition) is 2. The summed E-state index contributed by atoms with van der Waals surface area (Å²) in [5.41, 5.74) is 4.76. The second-order valence-corrected chi connectivity index (χ2v) is 4.43. The fraction of sp³-hybridized carbons (Fsp3) is 0.200. The zero-order valence-corrected chi connectivity index (χ0v) is 10.3. The molecule has 2 heteroatoms. The zero-order chi connectivity index (χ0) is 12.6. The van der Waals surface area contributed by atoms with Crippen LogP contribution in [0.2, 0.25) is 0 Å². The van der Waals surface area contributed by atoms with Gasteiger partial charge in [0.2, 0.25) is 0 Å². The lowest BCUT2D eigenvalue weighted by molar-refractivity contribution is 0.404. The largest absolute Gasteiger partial charge is 0.504 e. The van der Waals surface area contributed by atoms with Crippen LogP contribution in [0.25, 0.3) is 11.1 Å². The summed E-state index contributed by atoms with van der Waals surface area (Å²) in [6.07, 6.45) is 0. The van der Waals surface area contributed by atoms with Crippen molar-refractivity contribution in [2.75, 3.05) is 0 Å². The molecule has 0 aromatic heterocycles. The minimum atomic E-state index is -0.0660. The fourth-order valence-electron chi connectivity index (χ4n) is 1.96. The Bertz CT molecular complexity index is 528. The van der Waals surface area contributed by atoms with Gasteiger partial charge in [-0.05, 0) is 43.5 Å². The highest BCUT2D eigenvalue weighted by Gasteiger charge is 2.13. The first-order chi connectivity index (χ1) is 8.00. The average Bonchev–Trinajstić information content (AvgIpc) is 2.29. The minimum Gasteiger partial charge on any atom is -0.504 e. The molecule has 0 heterocycles. The molecule has 0 aliphatic carbocycles. The lowest BCUT2D eigenvalue weighted by Crippen LogP contribution is -1.89. The van der Waals surface area contributed by atoms with Gasteiger partial charge in [-0.1, -0.05) is 29.8 Å². The maximum Gasteiger partial charge on any atom is 0.165 e. The van der Waals surface area contributed by atoms with Crippen LogP contribution >= 0.6 is 0 Å². The van der Waals surface area contributed by atoms with E-state index in [9.17, 15) is 10.2 Å². The number of aryl methyl sites for hydroxylation is 2. The molecule has 2 rings (SSSR count). The molecule has 0 bridgehead atoms. The second kappa shape index (κ2) is 4.13. The van der Waals surface area contributed by atoms with Crippen LogP contribution in [-0.2, 0) is 0 Å². The summed E-state index contributed by atoms with van der Waals surface area (Å²) >= 11 is 0. The van der Waals surface area contributed by atoms with Crippen molar-refractivity contribution in [3.63, 3.8) is 0 Å². The third-order valence-electron chi connectivity index (χ3n) is 3.14. The van der Waals surface area contributed by atoms with Crippen molar-refractivity contribution < 1.29 is 10.2 Å². The van der Waals surface area contributed by atoms with E-state index in [1.807, 2.05) is 45.0 Å². The average molecular weight is 228 g/mol. The third kappa shape index (κ3) is 1.98. The summed E-state index contributed by atoms with van der Waals surface area (Å²) in [4.78, 5) is 0. The molecule has 0 aliphatic heterocycles. The van der Waals surface area contributed by atoms with E-state index in [-0.39, 0.29) is 11.5 Å². The number of phenolic OH excluding ortho intramolecular Hbond substituents is 2. The van der Waals surface area contributed by atoms with Crippen LogP contribution in [0.4, 0.5) is 0 Å². The lowest BCUT2D eigenvalue weighted by Gasteiger charge is -2.13. The van der Waals surface area contributed by atoms with Gasteiger partial charge < -0.3 is 10.2 Å². The molecule has 2 N–H and O–H groups in total. The molecule has 0 unspecified atom stereocenters. The topological polar surface area (TPSA) is 40.5 Å². The van der Waals surface area contributed by atoms with Gasteiger partial charge in [0.1, 0.15) is 0 Å². The van der Waals surface area contributed by atoms with Crippen molar-refractivity contribution in [3.05, 3.63) is 47.0 Å². The smallest absolute Gasteiger partial charge is 0.165 e. The Morgan fingerprint density at radius 3 is 2.06 bits per heavy atom. The molecule has 2 nitrogen and oxygen atoms in total. The van der Waals surface area contributed by atoms with Crippen LogP contribution < -0.4 is 0 Å². The van der Waals surface area contributed by atoms with Crippen molar-refractivity contribution in [2.45, 2.75) is 20.8 Å². The molecule has 0 saturated heterocycles. The highest BCUT2D eigenvalue weighted by molar-refractivity contribution is 5.77. The first-order valence-corrected chi connectivity index (χ1v) is 5.60. The standard InChI is InChI=1S/C15H16O2/c1-9-4-6-12(7-5-9)14-11(3)10(2)8-13(16)15(14)17/h4-8,16-17H,1-3H3. The molecular weight excluding hydrogens is 212 g/mol. The van der Waals surface area contributed by atoms with E-state index < -0.39 is 0 Å². The summed E-state index contributed by atoms with van der Waals surface area (Å²) in [6.45, 7) is 5.89. The zero-order valence-electron chi connectivity index (χ0n) is 10.3. The normalized spacial score (nSPS) is 10.5. The van der Waals surface area contributed by atoms with Gasteiger partial charge in [-0.25, -0.2) is 0 Å². The number of aromatic hydroxyl groups is 2. The predicted molar refractivity (Wildman–Crippen MR) is 69.4 cm³/mol. The van der Waals surface area contributed by atoms with Crippen LogP contribution in [0.5, 0.6) is 11.5 Å². The van der Waals surface area contributed by atoms with Crippen molar-refractivity contribution >= 4 is 0 Å². The van der Waals surface area contributed by atoms with Crippen LogP contribution in [0.3, 0.4) is 0 Å². The SMILES string of the molecule is Cc1ccc(-c2c(C)c(C)cc(O)c2O)cc1. The maximum absolute atomic E-state index is 9.98. The number of phenols is 2. The molecule has 2 aromatic carbocycles. The second-order valence-electron chi connectivity index (χ2n) is 4.43. The van der Waals surface area contributed by atoms with Gasteiger partial charge in [0, 0.05) is 5.56 Å². The predicted octanol–water partition coefficient (Wildman–Crippen LogP) is 3.69. The molecule has 0 spiro atoms. The van der Waals surface area contributed by atoms with Crippen molar-refractivity contribution in [2.24, 2.45) is 0 Å². The quantitative estimate of drug-likeness (QED) is 0.731. The van der Waals surface area contributed by atoms with Crippen LogP contribution in [0, 0.1) is 20.8 Å². The lowest BCUT2D eigenvalue weighted by atomic mass is 9.95. The Morgan fingerprint density at radius 1 is 0.882 bits per heavy atom. The summed E-state index contributed by atoms with van der Waals surface area (Å²) in [6, 6.07) is 9.48. The van der Waals surface area contributed by atoms with E-state index in [2.05, 4.69) is 0 Å². The Kier molecular flexibility index (Phi) is 2.80. The van der Waals surface area contributed by atoms with Crippen molar-refractivity contribution in [1.82, 2.24) is 0 Å². The Balaban J connectivity index is 2.70. The van der Waals surface area contributed by atoms with E-state index in [1.165, 1.54) is 5.56 Å².